The molecule has 122 valence electrons. The summed E-state index contributed by atoms with van der Waals surface area (Å²) in [5.41, 5.74) is -0.583. The van der Waals surface area contributed by atoms with Crippen LogP contribution in [0.5, 0.6) is 11.5 Å². The molecule has 22 heavy (non-hydrogen) atoms. The first kappa shape index (κ1) is 23.5. The van der Waals surface area contributed by atoms with Crippen molar-refractivity contribution in [1.82, 2.24) is 0 Å². The molecule has 0 amide bonds. The third-order valence-electron chi connectivity index (χ3n) is 2.43. The summed E-state index contributed by atoms with van der Waals surface area (Å²) in [6.07, 6.45) is 1.80. The van der Waals surface area contributed by atoms with Crippen LogP contribution >= 0.6 is 11.6 Å². The third-order valence-corrected chi connectivity index (χ3v) is 2.73. The van der Waals surface area contributed by atoms with Gasteiger partial charge in [-0.05, 0) is 39.3 Å². The monoisotopic (exact) mass is 379 g/mol. The maximum Gasteiger partial charge on any atom is 0.308 e. The Bertz CT molecular complexity index is 444. The topological polar surface area (TPSA) is 55.8 Å². The molecule has 0 fully saturated rings. The first-order chi connectivity index (χ1) is 9.72. The maximum atomic E-state index is 10.0. The van der Waals surface area contributed by atoms with Gasteiger partial charge in [0.1, 0.15) is 11.5 Å². The Morgan fingerprint density at radius 3 is 2.27 bits per heavy atom. The number of benzene rings is 1. The summed E-state index contributed by atoms with van der Waals surface area (Å²) in [6, 6.07) is 5.37. The summed E-state index contributed by atoms with van der Waals surface area (Å²) >= 11 is 5.97. The predicted octanol–water partition coefficient (Wildman–Crippen LogP) is 4.46. The zero-order valence-electron chi connectivity index (χ0n) is 13.8. The van der Waals surface area contributed by atoms with E-state index in [0.29, 0.717) is 17.4 Å². The molecule has 0 heterocycles. The van der Waals surface area contributed by atoms with Crippen molar-refractivity contribution >= 4 is 17.6 Å². The molecule has 0 aliphatic heterocycles. The number of ether oxygens (including phenoxy) is 2. The standard InChI is InChI=1S/C11H14ClO2.C5H10O2.Zn/c1-3-4-7-14-11-6-5-9(13-2)8-10(11)12;1-5(2,3)4(6)7;/h5-6,8H,1,3-4,7H2,2H3;1-3H3,(H,6,7);/q-1;;. The molecule has 1 N–H and O–H groups in total. The molecular weight excluding hydrogens is 357 g/mol. The molecule has 6 heteroatoms. The fourth-order valence-electron chi connectivity index (χ4n) is 1.01. The summed E-state index contributed by atoms with van der Waals surface area (Å²) in [6.45, 7) is 9.37. The van der Waals surface area contributed by atoms with Crippen molar-refractivity contribution < 1.29 is 38.9 Å². The smallest absolute Gasteiger partial charge is 0.308 e. The van der Waals surface area contributed by atoms with Crippen LogP contribution in [0.3, 0.4) is 0 Å². The van der Waals surface area contributed by atoms with Gasteiger partial charge in [-0.25, -0.2) is 0 Å². The Kier molecular flexibility index (Phi) is 12.5. The van der Waals surface area contributed by atoms with E-state index in [1.54, 1.807) is 33.9 Å². The molecule has 0 bridgehead atoms. The van der Waals surface area contributed by atoms with Crippen molar-refractivity contribution in [3.8, 4) is 11.5 Å². The minimum Gasteiger partial charge on any atom is -0.497 e. The molecule has 0 unspecified atom stereocenters. The molecule has 0 aliphatic carbocycles. The molecule has 1 aromatic rings. The van der Waals surface area contributed by atoms with Gasteiger partial charge in [-0.3, -0.25) is 4.79 Å². The fraction of sp³-hybridized carbons (Fsp3) is 0.500. The van der Waals surface area contributed by atoms with Crippen LogP contribution in [0.15, 0.2) is 18.2 Å². The van der Waals surface area contributed by atoms with E-state index in [-0.39, 0.29) is 19.5 Å². The van der Waals surface area contributed by atoms with Gasteiger partial charge in [-0.2, -0.15) is 6.42 Å². The van der Waals surface area contributed by atoms with Gasteiger partial charge >= 0.3 is 5.97 Å². The Morgan fingerprint density at radius 2 is 1.91 bits per heavy atom. The van der Waals surface area contributed by atoms with Gasteiger partial charge in [0.25, 0.3) is 0 Å². The number of aliphatic carboxylic acids is 1. The molecule has 0 aromatic heterocycles. The van der Waals surface area contributed by atoms with E-state index in [9.17, 15) is 4.79 Å². The molecule has 1 aromatic carbocycles. The van der Waals surface area contributed by atoms with E-state index in [2.05, 4.69) is 6.92 Å². The summed E-state index contributed by atoms with van der Waals surface area (Å²) < 4.78 is 10.5. The molecule has 0 atom stereocenters. The van der Waals surface area contributed by atoms with E-state index in [1.165, 1.54) is 0 Å². The Morgan fingerprint density at radius 1 is 1.36 bits per heavy atom. The average Bonchev–Trinajstić information content (AvgIpc) is 2.40. The van der Waals surface area contributed by atoms with Gasteiger partial charge in [-0.1, -0.05) is 11.6 Å². The molecule has 0 saturated carbocycles. The Labute approximate surface area is 150 Å². The molecular formula is C16H24ClO4Zn-. The Balaban J connectivity index is 0. The van der Waals surface area contributed by atoms with Crippen LogP contribution in [-0.2, 0) is 24.3 Å². The Hall–Kier alpha value is -0.797. The number of halogens is 1. The molecule has 0 radical (unpaired) electrons. The maximum absolute atomic E-state index is 10.0. The van der Waals surface area contributed by atoms with E-state index in [4.69, 9.17) is 26.2 Å². The van der Waals surface area contributed by atoms with Crippen molar-refractivity contribution in [2.24, 2.45) is 5.41 Å². The number of hydrogen-bond donors (Lipinski definition) is 1. The molecule has 1 rings (SSSR count). The summed E-state index contributed by atoms with van der Waals surface area (Å²) in [5.74, 6) is 0.674. The second-order valence-corrected chi connectivity index (χ2v) is 5.81. The summed E-state index contributed by atoms with van der Waals surface area (Å²) in [7, 11) is 1.61. The van der Waals surface area contributed by atoms with Crippen LogP contribution in [-0.4, -0.2) is 24.8 Å². The van der Waals surface area contributed by atoms with E-state index < -0.39 is 11.4 Å². The van der Waals surface area contributed by atoms with E-state index in [0.717, 1.165) is 18.6 Å². The van der Waals surface area contributed by atoms with E-state index in [1.807, 2.05) is 12.1 Å². The minimum absolute atomic E-state index is 0. The number of rotatable bonds is 5. The first-order valence-corrected chi connectivity index (χ1v) is 7.09. The fourth-order valence-corrected chi connectivity index (χ4v) is 1.23. The molecule has 0 aliphatic rings. The largest absolute Gasteiger partial charge is 0.497 e. The van der Waals surface area contributed by atoms with Crippen LogP contribution in [0, 0.1) is 12.3 Å². The third kappa shape index (κ3) is 10.0. The number of carboxylic acids is 1. The number of carboxylic acid groups (broad SMARTS) is 1. The predicted molar refractivity (Wildman–Crippen MR) is 85.2 cm³/mol. The van der Waals surface area contributed by atoms with Crippen molar-refractivity contribution in [1.29, 1.82) is 0 Å². The van der Waals surface area contributed by atoms with Crippen LogP contribution in [0.1, 0.15) is 33.6 Å². The summed E-state index contributed by atoms with van der Waals surface area (Å²) in [5, 5.41) is 8.83. The zero-order chi connectivity index (χ0) is 16.5. The van der Waals surface area contributed by atoms with Gasteiger partial charge in [0.05, 0.1) is 24.2 Å². The van der Waals surface area contributed by atoms with E-state index >= 15 is 0 Å². The average molecular weight is 381 g/mol. The molecule has 0 spiro atoms. The van der Waals surface area contributed by atoms with Crippen LogP contribution < -0.4 is 9.47 Å². The van der Waals surface area contributed by atoms with Gasteiger partial charge in [0.2, 0.25) is 0 Å². The van der Waals surface area contributed by atoms with Crippen LogP contribution in [0.4, 0.5) is 0 Å². The van der Waals surface area contributed by atoms with Crippen molar-refractivity contribution in [3.05, 3.63) is 30.1 Å². The van der Waals surface area contributed by atoms with Gasteiger partial charge in [-0.15, -0.1) is 0 Å². The number of hydrogen-bond acceptors (Lipinski definition) is 3. The minimum atomic E-state index is -0.757. The summed E-state index contributed by atoms with van der Waals surface area (Å²) in [4.78, 5) is 10.0. The zero-order valence-corrected chi connectivity index (χ0v) is 17.5. The second kappa shape index (κ2) is 11.7. The SMILES string of the molecule is CC(C)(C)C(=O)O.[CH2-]CCCOc1ccc(OC)cc1Cl.[Zn]. The quantitative estimate of drug-likeness (QED) is 0.465. The first-order valence-electron chi connectivity index (χ1n) is 6.71. The second-order valence-electron chi connectivity index (χ2n) is 5.41. The van der Waals surface area contributed by atoms with Gasteiger partial charge < -0.3 is 21.5 Å². The number of methoxy groups -OCH3 is 1. The van der Waals surface area contributed by atoms with Crippen molar-refractivity contribution in [2.75, 3.05) is 13.7 Å². The van der Waals surface area contributed by atoms with Crippen molar-refractivity contribution in [3.63, 3.8) is 0 Å². The van der Waals surface area contributed by atoms with Crippen LogP contribution in [0.2, 0.25) is 5.02 Å². The van der Waals surface area contributed by atoms with Gasteiger partial charge in [0, 0.05) is 25.5 Å². The molecule has 0 saturated heterocycles. The number of carbonyl (C=O) groups is 1. The van der Waals surface area contributed by atoms with Gasteiger partial charge in [0.15, 0.2) is 0 Å². The molecule has 4 nitrogen and oxygen atoms in total. The van der Waals surface area contributed by atoms with Crippen LogP contribution in [0.25, 0.3) is 0 Å². The van der Waals surface area contributed by atoms with Crippen molar-refractivity contribution in [2.45, 2.75) is 33.6 Å². The normalized spacial score (nSPS) is 9.91. The number of unbranched alkanes of at least 4 members (excludes halogenated alkanes) is 1.